The molecule has 0 saturated carbocycles. The van der Waals surface area contributed by atoms with Crippen molar-refractivity contribution in [3.8, 4) is 0 Å². The molecule has 0 saturated heterocycles. The molecule has 3 rings (SSSR count). The van der Waals surface area contributed by atoms with Crippen molar-refractivity contribution in [3.05, 3.63) is 78.1 Å². The summed E-state index contributed by atoms with van der Waals surface area (Å²) in [6.07, 6.45) is 1.73. The number of halogens is 1. The van der Waals surface area contributed by atoms with Crippen LogP contribution in [0.3, 0.4) is 0 Å². The number of carbonyl (C=O) groups excluding carboxylic acids is 2. The highest BCUT2D eigenvalue weighted by Gasteiger charge is 2.31. The van der Waals surface area contributed by atoms with E-state index in [1.54, 1.807) is 37.3 Å². The predicted molar refractivity (Wildman–Crippen MR) is 140 cm³/mol. The Bertz CT molecular complexity index is 1340. The summed E-state index contributed by atoms with van der Waals surface area (Å²) in [5.74, 6) is -1.53. The van der Waals surface area contributed by atoms with Crippen LogP contribution in [0.15, 0.2) is 66.7 Å². The summed E-state index contributed by atoms with van der Waals surface area (Å²) in [4.78, 5) is 27.8. The fraction of sp³-hybridized carbons (Fsp3) is 0.333. The summed E-state index contributed by atoms with van der Waals surface area (Å²) in [5.41, 5.74) is 0.580. The molecule has 2 atom stereocenters. The Balaban J connectivity index is 2.00. The van der Waals surface area contributed by atoms with Crippen LogP contribution in [0.25, 0.3) is 10.8 Å². The number of sulfonamides is 1. The smallest absolute Gasteiger partial charge is 0.244 e. The highest BCUT2D eigenvalue weighted by molar-refractivity contribution is 7.92. The molecule has 1 N–H and O–H groups in total. The van der Waals surface area contributed by atoms with Gasteiger partial charge in [-0.2, -0.15) is 0 Å². The van der Waals surface area contributed by atoms with Crippen LogP contribution in [-0.4, -0.2) is 50.0 Å². The van der Waals surface area contributed by atoms with Gasteiger partial charge in [0.2, 0.25) is 21.8 Å². The first kappa shape index (κ1) is 27.1. The van der Waals surface area contributed by atoms with Crippen molar-refractivity contribution in [2.75, 3.05) is 17.1 Å². The summed E-state index contributed by atoms with van der Waals surface area (Å²) in [5, 5.41) is 4.33. The normalized spacial score (nSPS) is 13.1. The lowest BCUT2D eigenvalue weighted by Gasteiger charge is -2.32. The predicted octanol–water partition coefficient (Wildman–Crippen LogP) is 4.08. The summed E-state index contributed by atoms with van der Waals surface area (Å²) in [6.45, 7) is 4.60. The molecule has 0 aliphatic heterocycles. The van der Waals surface area contributed by atoms with Crippen LogP contribution < -0.4 is 9.62 Å². The van der Waals surface area contributed by atoms with Crippen LogP contribution in [0, 0.1) is 5.82 Å². The van der Waals surface area contributed by atoms with Gasteiger partial charge in [0.05, 0.1) is 11.9 Å². The topological polar surface area (TPSA) is 86.8 Å². The maximum absolute atomic E-state index is 14.5. The molecule has 0 aliphatic carbocycles. The summed E-state index contributed by atoms with van der Waals surface area (Å²) in [6, 6.07) is 17.4. The Morgan fingerprint density at radius 2 is 1.61 bits per heavy atom. The maximum atomic E-state index is 14.5. The quantitative estimate of drug-likeness (QED) is 0.443. The minimum atomic E-state index is -3.88. The average Bonchev–Trinajstić information content (AvgIpc) is 2.85. The zero-order valence-corrected chi connectivity index (χ0v) is 21.8. The number of benzene rings is 3. The fourth-order valence-electron chi connectivity index (χ4n) is 3.88. The van der Waals surface area contributed by atoms with Gasteiger partial charge in [-0.1, -0.05) is 61.5 Å². The van der Waals surface area contributed by atoms with Crippen LogP contribution >= 0.6 is 0 Å². The molecule has 0 bridgehead atoms. The van der Waals surface area contributed by atoms with Crippen LogP contribution in [-0.2, 0) is 26.2 Å². The highest BCUT2D eigenvalue weighted by Crippen LogP contribution is 2.28. The molecule has 0 aliphatic rings. The van der Waals surface area contributed by atoms with Gasteiger partial charge < -0.3 is 10.2 Å². The van der Waals surface area contributed by atoms with E-state index in [4.69, 9.17) is 0 Å². The molecular formula is C27H32FN3O4S. The van der Waals surface area contributed by atoms with Gasteiger partial charge in [0, 0.05) is 23.5 Å². The molecule has 2 amide bonds. The van der Waals surface area contributed by atoms with Crippen molar-refractivity contribution in [1.82, 2.24) is 10.2 Å². The van der Waals surface area contributed by atoms with E-state index in [2.05, 4.69) is 5.32 Å². The van der Waals surface area contributed by atoms with Gasteiger partial charge in [-0.05, 0) is 37.8 Å². The van der Waals surface area contributed by atoms with Crippen molar-refractivity contribution < 1.29 is 22.4 Å². The second-order valence-electron chi connectivity index (χ2n) is 8.87. The highest BCUT2D eigenvalue weighted by atomic mass is 32.2. The molecule has 0 heterocycles. The van der Waals surface area contributed by atoms with Crippen molar-refractivity contribution in [3.63, 3.8) is 0 Å². The molecule has 7 nitrogen and oxygen atoms in total. The zero-order valence-electron chi connectivity index (χ0n) is 20.9. The molecule has 0 radical (unpaired) electrons. The van der Waals surface area contributed by atoms with E-state index in [1.165, 1.54) is 23.1 Å². The number of nitrogens with one attached hydrogen (secondary N) is 1. The van der Waals surface area contributed by atoms with Crippen LogP contribution in [0.2, 0.25) is 0 Å². The van der Waals surface area contributed by atoms with Crippen molar-refractivity contribution in [2.24, 2.45) is 0 Å². The maximum Gasteiger partial charge on any atom is 0.244 e. The number of amides is 2. The third-order valence-electron chi connectivity index (χ3n) is 6.18. The third-order valence-corrected chi connectivity index (χ3v) is 7.31. The summed E-state index contributed by atoms with van der Waals surface area (Å²) >= 11 is 0. The minimum absolute atomic E-state index is 0.117. The molecule has 0 unspecified atom stereocenters. The lowest BCUT2D eigenvalue weighted by molar-refractivity contribution is -0.139. The van der Waals surface area contributed by atoms with E-state index in [1.807, 2.05) is 32.0 Å². The van der Waals surface area contributed by atoms with Crippen LogP contribution in [0.1, 0.15) is 32.8 Å². The van der Waals surface area contributed by atoms with Gasteiger partial charge in [0.1, 0.15) is 18.4 Å². The summed E-state index contributed by atoms with van der Waals surface area (Å²) in [7, 11) is -3.88. The average molecular weight is 514 g/mol. The van der Waals surface area contributed by atoms with Crippen molar-refractivity contribution in [1.29, 1.82) is 0 Å². The van der Waals surface area contributed by atoms with Gasteiger partial charge in [-0.15, -0.1) is 0 Å². The summed E-state index contributed by atoms with van der Waals surface area (Å²) < 4.78 is 41.2. The van der Waals surface area contributed by atoms with Gasteiger partial charge in [-0.3, -0.25) is 13.9 Å². The number of hydrogen-bond acceptors (Lipinski definition) is 4. The largest absolute Gasteiger partial charge is 0.352 e. The number of nitrogens with zero attached hydrogens (tertiary/aromatic N) is 2. The number of anilines is 1. The first-order valence-corrected chi connectivity index (χ1v) is 13.7. The van der Waals surface area contributed by atoms with Crippen LogP contribution in [0.5, 0.6) is 0 Å². The van der Waals surface area contributed by atoms with Gasteiger partial charge >= 0.3 is 0 Å². The fourth-order valence-corrected chi connectivity index (χ4v) is 4.74. The Hall–Kier alpha value is -3.46. The van der Waals surface area contributed by atoms with Gasteiger partial charge in [-0.25, -0.2) is 12.8 Å². The molecule has 3 aromatic rings. The standard InChI is InChI=1S/C27H32FN3O4S/c1-5-19(2)29-27(33)20(3)30(17-22-12-7-9-15-24(22)28)26(32)18-31(36(4,34)35)25-16-10-13-21-11-6-8-14-23(21)25/h6-16,19-20H,5,17-18H2,1-4H3,(H,29,33)/t19-,20-/m0/s1. The van der Waals surface area contributed by atoms with E-state index in [0.29, 0.717) is 17.5 Å². The first-order chi connectivity index (χ1) is 17.0. The van der Waals surface area contributed by atoms with E-state index in [-0.39, 0.29) is 18.2 Å². The van der Waals surface area contributed by atoms with E-state index in [0.717, 1.165) is 15.9 Å². The number of fused-ring (bicyclic) bond motifs is 1. The molecule has 36 heavy (non-hydrogen) atoms. The number of hydrogen-bond donors (Lipinski definition) is 1. The van der Waals surface area contributed by atoms with Crippen molar-refractivity contribution >= 4 is 38.3 Å². The monoisotopic (exact) mass is 513 g/mol. The van der Waals surface area contributed by atoms with Gasteiger partial charge in [0.25, 0.3) is 0 Å². The first-order valence-electron chi connectivity index (χ1n) is 11.8. The molecule has 9 heteroatoms. The van der Waals surface area contributed by atoms with Crippen molar-refractivity contribution in [2.45, 2.75) is 45.8 Å². The molecular weight excluding hydrogens is 481 g/mol. The molecule has 3 aromatic carbocycles. The zero-order chi connectivity index (χ0) is 26.5. The minimum Gasteiger partial charge on any atom is -0.352 e. The van der Waals surface area contributed by atoms with E-state index >= 15 is 0 Å². The molecule has 0 aromatic heterocycles. The second kappa shape index (κ2) is 11.5. The third kappa shape index (κ3) is 6.40. The Kier molecular flexibility index (Phi) is 8.68. The Labute approximate surface area is 212 Å². The van der Waals surface area contributed by atoms with Gasteiger partial charge in [0.15, 0.2) is 0 Å². The molecule has 192 valence electrons. The Morgan fingerprint density at radius 1 is 0.972 bits per heavy atom. The van der Waals surface area contributed by atoms with E-state index < -0.39 is 40.2 Å². The number of carbonyl (C=O) groups is 2. The second-order valence-corrected chi connectivity index (χ2v) is 10.8. The number of rotatable bonds is 10. The van der Waals surface area contributed by atoms with E-state index in [9.17, 15) is 22.4 Å². The molecule has 0 fully saturated rings. The lowest BCUT2D eigenvalue weighted by atomic mass is 10.1. The Morgan fingerprint density at radius 3 is 2.28 bits per heavy atom. The molecule has 0 spiro atoms. The SMILES string of the molecule is CC[C@H](C)NC(=O)[C@H](C)N(Cc1ccccc1F)C(=O)CN(c1cccc2ccccc12)S(C)(=O)=O. The van der Waals surface area contributed by atoms with Crippen LogP contribution in [0.4, 0.5) is 10.1 Å². The lowest BCUT2D eigenvalue weighted by Crippen LogP contribution is -2.52.